The third kappa shape index (κ3) is 27.1. The number of ketones is 1. The lowest BCUT2D eigenvalue weighted by atomic mass is 9.98. The van der Waals surface area contributed by atoms with E-state index in [0.717, 1.165) is 118 Å². The quantitative estimate of drug-likeness (QED) is 0.0390. The molecule has 3 amide bonds. The van der Waals surface area contributed by atoms with Crippen molar-refractivity contribution in [1.29, 1.82) is 0 Å². The Morgan fingerprint density at radius 1 is 0.544 bits per heavy atom. The van der Waals surface area contributed by atoms with E-state index in [1.807, 2.05) is 95.8 Å². The van der Waals surface area contributed by atoms with Crippen LogP contribution in [0.25, 0.3) is 5.57 Å². The topological polar surface area (TPSA) is 252 Å². The summed E-state index contributed by atoms with van der Waals surface area (Å²) in [4.78, 5) is 92.1. The predicted octanol–water partition coefficient (Wildman–Crippen LogP) is 14.9. The smallest absolute Gasteiger partial charge is 0.410 e. The van der Waals surface area contributed by atoms with Crippen LogP contribution in [-0.4, -0.2) is 166 Å². The third-order valence-corrected chi connectivity index (χ3v) is 20.3. The van der Waals surface area contributed by atoms with Crippen molar-refractivity contribution in [2.75, 3.05) is 39.3 Å². The van der Waals surface area contributed by atoms with Crippen LogP contribution in [0, 0.1) is 24.7 Å². The number of hydrogen-bond donors (Lipinski definition) is 5. The molecule has 103 heavy (non-hydrogen) atoms. The fraction of sp³-hybridized carbons (Fsp3) is 0.675. The number of nitrogens with one attached hydrogen (secondary N) is 3. The van der Waals surface area contributed by atoms with E-state index in [9.17, 15) is 43.8 Å². The molecule has 2 unspecified atom stereocenters. The van der Waals surface area contributed by atoms with Gasteiger partial charge in [-0.3, -0.25) is 39.4 Å². The van der Waals surface area contributed by atoms with Crippen molar-refractivity contribution < 1.29 is 67.5 Å². The van der Waals surface area contributed by atoms with Gasteiger partial charge in [0.25, 0.3) is 11.8 Å². The van der Waals surface area contributed by atoms with Gasteiger partial charge in [-0.1, -0.05) is 105 Å². The number of carbonyl (C=O) groups is 7. The monoisotopic (exact) mass is 1430 g/mol. The average Bonchev–Trinajstić information content (AvgIpc) is 1.65. The molecular weight excluding hydrogens is 1300 g/mol. The number of phenols is 2. The summed E-state index contributed by atoms with van der Waals surface area (Å²) in [5.74, 6) is 1.27. The molecule has 3 heterocycles. The molecule has 3 aliphatic heterocycles. The number of amides is 3. The SMILES string of the molecule is C=C(C)c1cc(C(=O)N2CCC(N[C@@H](CC(C)C)C(=O)OC3CCCC3)C2)c(C)cc1OCc1ccccc1.CC(C)(C)OC(=O)N1CCC(=O)C1.CC(C)C[C@H](NC1CCCC1)C(=O)OC1CCCC1.CC(C)C[C@H](NC1CCN(C(=O)c2cc(C(C)C)c(O)cc2O)C1)C(=O)OC1CCCC1. The molecule has 4 aliphatic carbocycles. The van der Waals surface area contributed by atoms with Crippen molar-refractivity contribution in [2.24, 2.45) is 17.8 Å². The number of phenolic OH excluding ortho intramolecular Hbond substituents is 2. The number of Topliss-reactive ketones (excluding diaryl/α,β-unsaturated/α-hetero) is 1. The van der Waals surface area contributed by atoms with Crippen molar-refractivity contribution in [2.45, 2.75) is 304 Å². The summed E-state index contributed by atoms with van der Waals surface area (Å²) in [5, 5.41) is 30.9. The fourth-order valence-corrected chi connectivity index (χ4v) is 14.8. The standard InChI is InChI=1S/C33H44N2O4.C25H38N2O5.C16H29NO2.C9H15NO3/c1-22(2)17-30(33(37)39-27-13-9-10-14-27)34-26-15-16-35(20-26)32(36)29-19-28(23(3)4)31(18-24(29)5)38-21-25-11-7-6-8-12-25;1-15(2)11-21(25(31)32-18-7-5-6-8-18)26-17-9-10-27(14-17)24(30)20-12-19(16(3)4)22(28)13-23(20)29;1-12(2)11-15(17-13-7-3-4-8-13)16(18)19-14-9-5-6-10-14;1-9(2,3)13-8(12)10-5-4-7(11)6-10/h6-8,11-12,18-19,22,26-27,30,34H,3,9-10,13-17,20-21H2,1-2,4-5H3;12-13,15-18,21,26,28-29H,5-11,14H2,1-4H3;12-15,17H,3-11H2,1-2H3;4-6H2,1-3H3/t26?,30-;17?,21-;15-;/m000./s1. The second-order valence-electron chi connectivity index (χ2n) is 32.5. The summed E-state index contributed by atoms with van der Waals surface area (Å²) < 4.78 is 28.5. The van der Waals surface area contributed by atoms with Gasteiger partial charge in [0.15, 0.2) is 5.78 Å². The van der Waals surface area contributed by atoms with Gasteiger partial charge in [0.2, 0.25) is 0 Å². The summed E-state index contributed by atoms with van der Waals surface area (Å²) in [5.41, 5.74) is 4.68. The molecule has 20 nitrogen and oxygen atoms in total. The zero-order chi connectivity index (χ0) is 75.1. The maximum absolute atomic E-state index is 13.6. The highest BCUT2D eigenvalue weighted by molar-refractivity contribution is 5.98. The van der Waals surface area contributed by atoms with Gasteiger partial charge in [-0.2, -0.15) is 0 Å². The Hall–Kier alpha value is -7.03. The second kappa shape index (κ2) is 40.5. The first kappa shape index (κ1) is 83.2. The van der Waals surface area contributed by atoms with Gasteiger partial charge in [-0.25, -0.2) is 4.79 Å². The van der Waals surface area contributed by atoms with Crippen molar-refractivity contribution in [3.05, 3.63) is 94.6 Å². The van der Waals surface area contributed by atoms with Crippen LogP contribution in [0.1, 0.15) is 273 Å². The summed E-state index contributed by atoms with van der Waals surface area (Å²) in [7, 11) is 0. The van der Waals surface area contributed by atoms with E-state index in [1.165, 1.54) is 49.5 Å². The molecule has 20 heteroatoms. The third-order valence-electron chi connectivity index (χ3n) is 20.3. The van der Waals surface area contributed by atoms with Crippen LogP contribution in [0.3, 0.4) is 0 Å². The molecule has 10 rings (SSSR count). The molecule has 0 bridgehead atoms. The number of carbonyl (C=O) groups excluding carboxylic acids is 7. The van der Waals surface area contributed by atoms with E-state index in [4.69, 9.17) is 23.7 Å². The Morgan fingerprint density at radius 3 is 1.39 bits per heavy atom. The molecule has 5 atom stereocenters. The van der Waals surface area contributed by atoms with Gasteiger partial charge in [-0.15, -0.1) is 0 Å². The van der Waals surface area contributed by atoms with Crippen LogP contribution < -0.4 is 20.7 Å². The number of ether oxygens (including phenoxy) is 5. The number of likely N-dealkylation sites (tertiary alicyclic amines) is 3. The van der Waals surface area contributed by atoms with E-state index in [1.54, 1.807) is 11.0 Å². The van der Waals surface area contributed by atoms with Gasteiger partial charge < -0.3 is 53.9 Å². The minimum Gasteiger partial charge on any atom is -0.508 e. The van der Waals surface area contributed by atoms with Crippen molar-refractivity contribution in [3.63, 3.8) is 0 Å². The van der Waals surface area contributed by atoms with Gasteiger partial charge in [0.05, 0.1) is 12.1 Å². The first-order valence-corrected chi connectivity index (χ1v) is 38.9. The Kier molecular flexibility index (Phi) is 32.7. The summed E-state index contributed by atoms with van der Waals surface area (Å²) in [6, 6.07) is 16.5. The van der Waals surface area contributed by atoms with Gasteiger partial charge in [0.1, 0.15) is 65.9 Å². The van der Waals surface area contributed by atoms with E-state index in [-0.39, 0.29) is 114 Å². The molecular formula is C83H126N6O14. The number of benzene rings is 3. The first-order valence-electron chi connectivity index (χ1n) is 38.9. The van der Waals surface area contributed by atoms with Crippen LogP contribution in [0.5, 0.6) is 17.2 Å². The zero-order valence-corrected chi connectivity index (χ0v) is 64.5. The minimum absolute atomic E-state index is 0.00264. The summed E-state index contributed by atoms with van der Waals surface area (Å²) in [6.07, 6.45) is 22.1. The Labute approximate surface area is 615 Å². The second-order valence-corrected chi connectivity index (χ2v) is 32.5. The highest BCUT2D eigenvalue weighted by atomic mass is 16.6. The molecule has 3 saturated heterocycles. The predicted molar refractivity (Wildman–Crippen MR) is 403 cm³/mol. The largest absolute Gasteiger partial charge is 0.508 e. The average molecular weight is 1430 g/mol. The first-order chi connectivity index (χ1) is 48.9. The van der Waals surface area contributed by atoms with Gasteiger partial charge in [-0.05, 0) is 221 Å². The molecule has 7 fully saturated rings. The number of aromatic hydroxyl groups is 2. The van der Waals surface area contributed by atoms with E-state index in [2.05, 4.69) is 64.1 Å². The molecule has 7 aliphatic rings. The molecule has 572 valence electrons. The highest BCUT2D eigenvalue weighted by Gasteiger charge is 2.37. The van der Waals surface area contributed by atoms with Gasteiger partial charge in [0, 0.05) is 74.5 Å². The normalized spacial score (nSPS) is 19.8. The summed E-state index contributed by atoms with van der Waals surface area (Å²) >= 11 is 0. The van der Waals surface area contributed by atoms with Crippen LogP contribution in [0.2, 0.25) is 0 Å². The zero-order valence-electron chi connectivity index (χ0n) is 64.5. The maximum atomic E-state index is 13.6. The number of rotatable bonds is 25. The fourth-order valence-electron chi connectivity index (χ4n) is 14.8. The lowest BCUT2D eigenvalue weighted by molar-refractivity contribution is -0.153. The van der Waals surface area contributed by atoms with Crippen LogP contribution in [0.4, 0.5) is 4.79 Å². The Bertz CT molecular complexity index is 3250. The minimum atomic E-state index is -0.483. The van der Waals surface area contributed by atoms with E-state index in [0.29, 0.717) is 87.1 Å². The molecule has 0 radical (unpaired) electrons. The number of hydrogen-bond acceptors (Lipinski definition) is 17. The van der Waals surface area contributed by atoms with E-state index < -0.39 is 11.7 Å². The molecule has 0 spiro atoms. The molecule has 3 aromatic carbocycles. The Morgan fingerprint density at radius 2 is 0.981 bits per heavy atom. The van der Waals surface area contributed by atoms with Crippen molar-refractivity contribution in [3.8, 4) is 17.2 Å². The molecule has 0 aromatic heterocycles. The maximum Gasteiger partial charge on any atom is 0.410 e. The van der Waals surface area contributed by atoms with Crippen molar-refractivity contribution >= 4 is 47.2 Å². The highest BCUT2D eigenvalue weighted by Crippen LogP contribution is 2.35. The lowest BCUT2D eigenvalue weighted by Crippen LogP contribution is -2.47. The van der Waals surface area contributed by atoms with Crippen LogP contribution >= 0.6 is 0 Å². The number of esters is 3. The van der Waals surface area contributed by atoms with Crippen molar-refractivity contribution in [1.82, 2.24) is 30.7 Å². The summed E-state index contributed by atoms with van der Waals surface area (Å²) in [6.45, 7) is 33.4. The molecule has 3 aromatic rings. The van der Waals surface area contributed by atoms with Gasteiger partial charge >= 0.3 is 24.0 Å². The number of nitrogens with zero attached hydrogens (tertiary/aromatic N) is 3. The molecule has 4 saturated carbocycles. The van der Waals surface area contributed by atoms with Crippen LogP contribution in [-0.2, 0) is 44.7 Å². The Balaban J connectivity index is 0.000000207. The lowest BCUT2D eigenvalue weighted by Gasteiger charge is -2.25. The number of allylic oxidation sites excluding steroid dienone is 1. The number of aryl methyl sites for hydroxylation is 1. The van der Waals surface area contributed by atoms with Crippen LogP contribution in [0.15, 0.2) is 61.2 Å². The molecule has 5 N–H and O–H groups in total. The van der Waals surface area contributed by atoms with E-state index >= 15 is 0 Å².